The van der Waals surface area contributed by atoms with Crippen molar-refractivity contribution < 1.29 is 9.18 Å². The first-order chi connectivity index (χ1) is 11.4. The number of halogens is 2. The van der Waals surface area contributed by atoms with Crippen molar-refractivity contribution >= 4 is 40.3 Å². The molecule has 5 unspecified atom stereocenters. The minimum absolute atomic E-state index is 0.0551. The van der Waals surface area contributed by atoms with E-state index in [0.717, 1.165) is 19.3 Å². The van der Waals surface area contributed by atoms with E-state index < -0.39 is 18.1 Å². The van der Waals surface area contributed by atoms with Gasteiger partial charge in [0.2, 0.25) is 0 Å². The van der Waals surface area contributed by atoms with Crippen LogP contribution in [0.4, 0.5) is 9.18 Å². The van der Waals surface area contributed by atoms with Gasteiger partial charge < -0.3 is 0 Å². The monoisotopic (exact) mass is 370 g/mol. The van der Waals surface area contributed by atoms with E-state index in [-0.39, 0.29) is 22.6 Å². The molecular formula is C16H20ClFN4OS. The fraction of sp³-hybridized carbons (Fsp3) is 0.750. The third-order valence-electron chi connectivity index (χ3n) is 4.99. The number of amidine groups is 1. The first-order valence-corrected chi connectivity index (χ1v) is 9.53. The Morgan fingerprint density at radius 1 is 1.58 bits per heavy atom. The van der Waals surface area contributed by atoms with Gasteiger partial charge in [-0.05, 0) is 39.0 Å². The number of hydrogen-bond acceptors (Lipinski definition) is 4. The lowest BCUT2D eigenvalue weighted by Gasteiger charge is -2.34. The highest BCUT2D eigenvalue weighted by molar-refractivity contribution is 8.14. The molecule has 2 amide bonds. The van der Waals surface area contributed by atoms with E-state index in [2.05, 4.69) is 22.2 Å². The van der Waals surface area contributed by atoms with Gasteiger partial charge in [-0.2, -0.15) is 5.26 Å². The van der Waals surface area contributed by atoms with Crippen molar-refractivity contribution in [3.05, 3.63) is 0 Å². The number of rotatable bonds is 0. The summed E-state index contributed by atoms with van der Waals surface area (Å²) >= 11 is 7.77. The van der Waals surface area contributed by atoms with E-state index in [1.807, 2.05) is 6.07 Å². The average molecular weight is 371 g/mol. The highest BCUT2D eigenvalue weighted by atomic mass is 35.5. The highest BCUT2D eigenvalue weighted by Crippen LogP contribution is 2.45. The number of thioether (sulfide) groups is 1. The van der Waals surface area contributed by atoms with Crippen molar-refractivity contribution in [1.82, 2.24) is 5.32 Å². The molecular weight excluding hydrogens is 351 g/mol. The molecule has 0 radical (unpaired) electrons. The average Bonchev–Trinajstić information content (AvgIpc) is 2.82. The summed E-state index contributed by atoms with van der Waals surface area (Å²) in [6.07, 6.45) is 2.43. The molecule has 0 saturated heterocycles. The number of hydrogen-bond donors (Lipinski definition) is 1. The van der Waals surface area contributed by atoms with E-state index in [1.165, 1.54) is 11.8 Å². The summed E-state index contributed by atoms with van der Waals surface area (Å²) in [5.74, 6) is -0.589. The Morgan fingerprint density at radius 2 is 2.38 bits per heavy atom. The number of urea groups is 1. The number of carbonyl (C=O) groups is 1. The molecule has 1 N–H and O–H groups in total. The van der Waals surface area contributed by atoms with Crippen LogP contribution in [0.2, 0.25) is 0 Å². The molecule has 5 atom stereocenters. The maximum atomic E-state index is 13.8. The molecule has 0 bridgehead atoms. The summed E-state index contributed by atoms with van der Waals surface area (Å²) in [5, 5.41) is 12.6. The van der Waals surface area contributed by atoms with E-state index in [0.29, 0.717) is 23.7 Å². The molecule has 130 valence electrons. The zero-order valence-electron chi connectivity index (χ0n) is 13.5. The first kappa shape index (κ1) is 17.7. The molecule has 1 heterocycles. The Morgan fingerprint density at radius 3 is 3.08 bits per heavy atom. The lowest BCUT2D eigenvalue weighted by atomic mass is 9.83. The van der Waals surface area contributed by atoms with Crippen LogP contribution in [0.15, 0.2) is 9.98 Å². The van der Waals surface area contributed by atoms with E-state index in [1.54, 1.807) is 0 Å². The lowest BCUT2D eigenvalue weighted by Crippen LogP contribution is -2.38. The third-order valence-corrected chi connectivity index (χ3v) is 6.79. The molecule has 0 spiro atoms. The Labute approximate surface area is 150 Å². The highest BCUT2D eigenvalue weighted by Gasteiger charge is 2.45. The van der Waals surface area contributed by atoms with Gasteiger partial charge in [0.15, 0.2) is 5.17 Å². The SMILES string of the molecule is CC12CCC(Cl)CC1SC(NC(=O)N=C1CCC(C#N)C(F)C1)=N2. The number of aliphatic imine (C=N–C) groups is 2. The predicted molar refractivity (Wildman–Crippen MR) is 94.5 cm³/mol. The van der Waals surface area contributed by atoms with E-state index in [9.17, 15) is 9.18 Å². The van der Waals surface area contributed by atoms with Gasteiger partial charge in [-0.1, -0.05) is 11.8 Å². The second-order valence-corrected chi connectivity index (χ2v) is 8.66. The van der Waals surface area contributed by atoms with Crippen LogP contribution in [-0.2, 0) is 0 Å². The largest absolute Gasteiger partial charge is 0.346 e. The van der Waals surface area contributed by atoms with Crippen LogP contribution in [0, 0.1) is 17.2 Å². The summed E-state index contributed by atoms with van der Waals surface area (Å²) in [5.41, 5.74) is 0.334. The van der Waals surface area contributed by atoms with Crippen LogP contribution in [0.3, 0.4) is 0 Å². The van der Waals surface area contributed by atoms with Crippen LogP contribution in [0.1, 0.15) is 45.4 Å². The summed E-state index contributed by atoms with van der Waals surface area (Å²) < 4.78 is 13.8. The number of carbonyl (C=O) groups excluding carboxylic acids is 1. The zero-order valence-corrected chi connectivity index (χ0v) is 15.0. The van der Waals surface area contributed by atoms with E-state index in [4.69, 9.17) is 16.9 Å². The van der Waals surface area contributed by atoms with Gasteiger partial charge in [0.1, 0.15) is 6.17 Å². The van der Waals surface area contributed by atoms with Gasteiger partial charge in [-0.25, -0.2) is 14.2 Å². The molecule has 0 aromatic rings. The van der Waals surface area contributed by atoms with Crippen LogP contribution in [0.5, 0.6) is 0 Å². The number of amides is 2. The molecule has 3 rings (SSSR count). The topological polar surface area (TPSA) is 77.6 Å². The van der Waals surface area contributed by atoms with Gasteiger partial charge in [-0.3, -0.25) is 10.3 Å². The van der Waals surface area contributed by atoms with Crippen LogP contribution < -0.4 is 5.32 Å². The van der Waals surface area contributed by atoms with Crippen molar-refractivity contribution in [1.29, 1.82) is 5.26 Å². The standard InChI is InChI=1S/C16H20ClFN4OS/c1-16-5-4-10(17)6-13(16)24-15(22-16)21-14(23)20-11-3-2-9(8-19)12(18)7-11/h9-10,12-13H,2-7H2,1H3,(H,21,22,23). The molecule has 0 aromatic heterocycles. The fourth-order valence-electron chi connectivity index (χ4n) is 3.45. The summed E-state index contributed by atoms with van der Waals surface area (Å²) in [7, 11) is 0. The Bertz CT molecular complexity index is 634. The van der Waals surface area contributed by atoms with Crippen LogP contribution in [0.25, 0.3) is 0 Å². The molecule has 2 aliphatic carbocycles. The number of fused-ring (bicyclic) bond motifs is 1. The Hall–Kier alpha value is -1.13. The maximum Gasteiger partial charge on any atom is 0.346 e. The number of nitriles is 1. The van der Waals surface area contributed by atoms with Crippen molar-refractivity contribution in [3.8, 4) is 6.07 Å². The molecule has 24 heavy (non-hydrogen) atoms. The minimum atomic E-state index is -1.24. The molecule has 1 aliphatic heterocycles. The maximum absolute atomic E-state index is 13.8. The minimum Gasteiger partial charge on any atom is -0.285 e. The predicted octanol–water partition coefficient (Wildman–Crippen LogP) is 3.82. The fourth-order valence-corrected chi connectivity index (χ4v) is 5.27. The summed E-state index contributed by atoms with van der Waals surface area (Å²) in [6, 6.07) is 1.45. The normalized spacial score (nSPS) is 40.6. The lowest BCUT2D eigenvalue weighted by molar-refractivity contribution is 0.248. The van der Waals surface area contributed by atoms with Crippen LogP contribution >= 0.6 is 23.4 Å². The van der Waals surface area contributed by atoms with E-state index >= 15 is 0 Å². The van der Waals surface area contributed by atoms with Crippen molar-refractivity contribution in [3.63, 3.8) is 0 Å². The molecule has 0 aromatic carbocycles. The smallest absolute Gasteiger partial charge is 0.285 e. The van der Waals surface area contributed by atoms with Gasteiger partial charge in [0, 0.05) is 22.8 Å². The van der Waals surface area contributed by atoms with Crippen molar-refractivity contribution in [2.75, 3.05) is 0 Å². The summed E-state index contributed by atoms with van der Waals surface area (Å²) in [6.45, 7) is 2.09. The first-order valence-electron chi connectivity index (χ1n) is 8.21. The third kappa shape index (κ3) is 3.75. The number of nitrogens with one attached hydrogen (secondary N) is 1. The van der Waals surface area contributed by atoms with Crippen molar-refractivity contribution in [2.24, 2.45) is 15.9 Å². The Balaban J connectivity index is 1.59. The van der Waals surface area contributed by atoms with Gasteiger partial charge >= 0.3 is 6.03 Å². The molecule has 2 fully saturated rings. The summed E-state index contributed by atoms with van der Waals surface area (Å²) in [4.78, 5) is 20.7. The van der Waals surface area contributed by atoms with Crippen molar-refractivity contribution in [2.45, 2.75) is 67.8 Å². The second kappa shape index (κ2) is 7.01. The zero-order chi connectivity index (χ0) is 17.3. The van der Waals surface area contributed by atoms with Gasteiger partial charge in [0.05, 0.1) is 17.5 Å². The van der Waals surface area contributed by atoms with Gasteiger partial charge in [-0.15, -0.1) is 11.6 Å². The number of nitrogens with zero attached hydrogens (tertiary/aromatic N) is 3. The quantitative estimate of drug-likeness (QED) is 0.658. The van der Waals surface area contributed by atoms with Crippen LogP contribution in [-0.4, -0.2) is 39.2 Å². The second-order valence-electron chi connectivity index (χ2n) is 6.85. The Kier molecular flexibility index (Phi) is 5.16. The van der Waals surface area contributed by atoms with Gasteiger partial charge in [0.25, 0.3) is 0 Å². The molecule has 2 saturated carbocycles. The number of alkyl halides is 2. The molecule has 5 nitrogen and oxygen atoms in total. The molecule has 3 aliphatic rings. The molecule has 8 heteroatoms.